The lowest BCUT2D eigenvalue weighted by atomic mass is 9.92. The Kier molecular flexibility index (Phi) is 7.30. The van der Waals surface area contributed by atoms with E-state index in [2.05, 4.69) is 5.32 Å². The average molecular weight is 464 g/mol. The number of aliphatic hydroxyl groups excluding tert-OH is 1. The third-order valence-electron chi connectivity index (χ3n) is 5.83. The van der Waals surface area contributed by atoms with Gasteiger partial charge >= 0.3 is 0 Å². The molecule has 0 saturated carbocycles. The molecular weight excluding hydrogens is 434 g/mol. The standard InChI is InChI=1S/C26H29N3O5/c1-17(31)29-16-20(19-8-2-5-11-23(19)29)18-14-24(34-25(15-18)33-13-7-6-12-30)26(32)28-22-10-4-3-9-21(22)27/h2-5,8-11,14,16,18,25,30H,6-7,12-13,15,27H2,1H3,(H,28,32)/t18-,25+/m0/s1. The number of nitrogens with two attached hydrogens (primary N) is 1. The van der Waals surface area contributed by atoms with E-state index in [0.717, 1.165) is 16.5 Å². The molecule has 2 aromatic carbocycles. The number of rotatable bonds is 8. The van der Waals surface area contributed by atoms with Crippen LogP contribution in [0.2, 0.25) is 0 Å². The molecule has 1 aliphatic heterocycles. The fourth-order valence-electron chi connectivity index (χ4n) is 4.12. The summed E-state index contributed by atoms with van der Waals surface area (Å²) in [6.45, 7) is 2.01. The van der Waals surface area contributed by atoms with Gasteiger partial charge in [0.25, 0.3) is 5.91 Å². The summed E-state index contributed by atoms with van der Waals surface area (Å²) < 4.78 is 13.4. The molecule has 0 fully saturated rings. The molecule has 0 aliphatic carbocycles. The zero-order valence-corrected chi connectivity index (χ0v) is 19.1. The molecule has 1 amide bonds. The minimum absolute atomic E-state index is 0.0900. The predicted octanol–water partition coefficient (Wildman–Crippen LogP) is 4.03. The van der Waals surface area contributed by atoms with E-state index in [1.165, 1.54) is 6.92 Å². The number of allylic oxidation sites excluding steroid dienone is 1. The van der Waals surface area contributed by atoms with Crippen LogP contribution in [0.25, 0.3) is 10.9 Å². The number of nitrogens with zero attached hydrogens (tertiary/aromatic N) is 1. The quantitative estimate of drug-likeness (QED) is 0.343. The Balaban J connectivity index is 1.66. The Morgan fingerprint density at radius 3 is 2.71 bits per heavy atom. The molecule has 0 unspecified atom stereocenters. The molecule has 2 atom stereocenters. The molecule has 2 heterocycles. The first kappa shape index (κ1) is 23.5. The molecule has 34 heavy (non-hydrogen) atoms. The summed E-state index contributed by atoms with van der Waals surface area (Å²) in [5, 5.41) is 12.8. The van der Waals surface area contributed by atoms with Gasteiger partial charge in [0.15, 0.2) is 5.76 Å². The van der Waals surface area contributed by atoms with Crippen LogP contribution in [0, 0.1) is 0 Å². The lowest BCUT2D eigenvalue weighted by Crippen LogP contribution is -2.29. The Bertz CT molecular complexity index is 1220. The van der Waals surface area contributed by atoms with E-state index in [-0.39, 0.29) is 24.2 Å². The van der Waals surface area contributed by atoms with Crippen molar-refractivity contribution < 1.29 is 24.2 Å². The number of aromatic nitrogens is 1. The first-order valence-electron chi connectivity index (χ1n) is 11.4. The number of ether oxygens (including phenoxy) is 2. The smallest absolute Gasteiger partial charge is 0.290 e. The van der Waals surface area contributed by atoms with Gasteiger partial charge in [-0.1, -0.05) is 30.3 Å². The van der Waals surface area contributed by atoms with Crippen LogP contribution in [-0.4, -0.2) is 41.0 Å². The molecule has 178 valence electrons. The second-order valence-electron chi connectivity index (χ2n) is 8.25. The number of amides is 1. The number of hydrogen-bond donors (Lipinski definition) is 3. The van der Waals surface area contributed by atoms with Gasteiger partial charge in [-0.3, -0.25) is 14.2 Å². The zero-order valence-electron chi connectivity index (χ0n) is 19.1. The highest BCUT2D eigenvalue weighted by molar-refractivity contribution is 6.04. The van der Waals surface area contributed by atoms with Crippen LogP contribution in [0.4, 0.5) is 11.4 Å². The van der Waals surface area contributed by atoms with Crippen molar-refractivity contribution in [3.8, 4) is 0 Å². The normalized spacial score (nSPS) is 17.8. The van der Waals surface area contributed by atoms with Crippen molar-refractivity contribution >= 4 is 34.1 Å². The van der Waals surface area contributed by atoms with Gasteiger partial charge in [-0.2, -0.15) is 0 Å². The number of para-hydroxylation sites is 3. The van der Waals surface area contributed by atoms with Gasteiger partial charge in [-0.05, 0) is 42.7 Å². The lowest BCUT2D eigenvalue weighted by Gasteiger charge is -2.29. The molecule has 4 rings (SSSR count). The highest BCUT2D eigenvalue weighted by Crippen LogP contribution is 2.37. The SMILES string of the molecule is CC(=O)n1cc([C@H]2C=C(C(=O)Nc3ccccc3N)O[C@@H](OCCCCO)C2)c2ccccc21. The Morgan fingerprint density at radius 2 is 1.94 bits per heavy atom. The van der Waals surface area contributed by atoms with E-state index in [4.69, 9.17) is 20.3 Å². The van der Waals surface area contributed by atoms with E-state index in [1.807, 2.05) is 30.5 Å². The van der Waals surface area contributed by atoms with Crippen molar-refractivity contribution in [1.29, 1.82) is 0 Å². The number of aliphatic hydroxyl groups is 1. The van der Waals surface area contributed by atoms with Gasteiger partial charge in [-0.25, -0.2) is 0 Å². The number of hydrogen-bond acceptors (Lipinski definition) is 6. The maximum Gasteiger partial charge on any atom is 0.290 e. The van der Waals surface area contributed by atoms with E-state index >= 15 is 0 Å². The Labute approximate surface area is 198 Å². The number of unbranched alkanes of at least 4 members (excludes halogenated alkanes) is 1. The molecule has 1 aliphatic rings. The molecule has 8 nitrogen and oxygen atoms in total. The Morgan fingerprint density at radius 1 is 1.18 bits per heavy atom. The van der Waals surface area contributed by atoms with Crippen molar-refractivity contribution in [3.05, 3.63) is 72.1 Å². The summed E-state index contributed by atoms with van der Waals surface area (Å²) in [4.78, 5) is 25.3. The van der Waals surface area contributed by atoms with Crippen LogP contribution in [0.3, 0.4) is 0 Å². The molecule has 0 radical (unpaired) electrons. The van der Waals surface area contributed by atoms with Crippen molar-refractivity contribution in [2.24, 2.45) is 0 Å². The fourth-order valence-corrected chi connectivity index (χ4v) is 4.12. The zero-order chi connectivity index (χ0) is 24.1. The summed E-state index contributed by atoms with van der Waals surface area (Å²) in [5.41, 5.74) is 8.65. The van der Waals surface area contributed by atoms with Crippen LogP contribution in [0.15, 0.2) is 66.6 Å². The maximum atomic E-state index is 13.1. The number of carbonyl (C=O) groups excluding carboxylic acids is 2. The highest BCUT2D eigenvalue weighted by Gasteiger charge is 2.31. The summed E-state index contributed by atoms with van der Waals surface area (Å²) in [6, 6.07) is 14.7. The molecule has 8 heteroatoms. The number of nitrogen functional groups attached to an aromatic ring is 1. The van der Waals surface area contributed by atoms with Crippen LogP contribution < -0.4 is 11.1 Å². The first-order chi connectivity index (χ1) is 16.5. The van der Waals surface area contributed by atoms with Gasteiger partial charge in [0, 0.05) is 37.5 Å². The van der Waals surface area contributed by atoms with Gasteiger partial charge < -0.3 is 25.6 Å². The third-order valence-corrected chi connectivity index (χ3v) is 5.83. The highest BCUT2D eigenvalue weighted by atomic mass is 16.7. The monoisotopic (exact) mass is 463 g/mol. The van der Waals surface area contributed by atoms with Gasteiger partial charge in [-0.15, -0.1) is 0 Å². The minimum Gasteiger partial charge on any atom is -0.459 e. The second-order valence-corrected chi connectivity index (χ2v) is 8.25. The van der Waals surface area contributed by atoms with Gasteiger partial charge in [0.1, 0.15) is 0 Å². The number of nitrogens with one attached hydrogen (secondary N) is 1. The summed E-state index contributed by atoms with van der Waals surface area (Å²) >= 11 is 0. The molecule has 1 aromatic heterocycles. The van der Waals surface area contributed by atoms with Crippen LogP contribution in [-0.2, 0) is 14.3 Å². The predicted molar refractivity (Wildman–Crippen MR) is 130 cm³/mol. The molecule has 0 saturated heterocycles. The largest absolute Gasteiger partial charge is 0.459 e. The third kappa shape index (κ3) is 5.13. The van der Waals surface area contributed by atoms with Crippen LogP contribution in [0.5, 0.6) is 0 Å². The molecular formula is C26H29N3O5. The number of fused-ring (bicyclic) bond motifs is 1. The molecule has 3 aromatic rings. The van der Waals surface area contributed by atoms with Crippen molar-refractivity contribution in [1.82, 2.24) is 4.57 Å². The van der Waals surface area contributed by atoms with E-state index in [1.54, 1.807) is 34.9 Å². The topological polar surface area (TPSA) is 116 Å². The van der Waals surface area contributed by atoms with Crippen molar-refractivity contribution in [2.75, 3.05) is 24.3 Å². The molecule has 0 spiro atoms. The van der Waals surface area contributed by atoms with Crippen LogP contribution >= 0.6 is 0 Å². The summed E-state index contributed by atoms with van der Waals surface area (Å²) in [6.07, 6.45) is 4.73. The van der Waals surface area contributed by atoms with Crippen molar-refractivity contribution in [3.63, 3.8) is 0 Å². The number of anilines is 2. The fraction of sp³-hybridized carbons (Fsp3) is 0.308. The van der Waals surface area contributed by atoms with Gasteiger partial charge in [0.2, 0.25) is 12.2 Å². The second kappa shape index (κ2) is 10.5. The minimum atomic E-state index is -0.651. The number of benzene rings is 2. The average Bonchev–Trinajstić information content (AvgIpc) is 3.23. The number of carbonyl (C=O) groups is 2. The van der Waals surface area contributed by atoms with E-state index in [9.17, 15) is 9.59 Å². The van der Waals surface area contributed by atoms with Gasteiger partial charge in [0.05, 0.1) is 23.5 Å². The van der Waals surface area contributed by atoms with Crippen LogP contribution in [0.1, 0.15) is 42.5 Å². The summed E-state index contributed by atoms with van der Waals surface area (Å²) in [7, 11) is 0. The summed E-state index contributed by atoms with van der Waals surface area (Å²) in [5.74, 6) is -0.600. The lowest BCUT2D eigenvalue weighted by molar-refractivity contribution is -0.143. The Hall–Kier alpha value is -3.62. The van der Waals surface area contributed by atoms with E-state index < -0.39 is 12.2 Å². The maximum absolute atomic E-state index is 13.1. The first-order valence-corrected chi connectivity index (χ1v) is 11.4. The van der Waals surface area contributed by atoms with E-state index in [0.29, 0.717) is 37.2 Å². The van der Waals surface area contributed by atoms with Crippen molar-refractivity contribution in [2.45, 2.75) is 38.4 Å². The molecule has 0 bridgehead atoms. The molecule has 4 N–H and O–H groups in total.